The number of aromatic hydroxyl groups is 2. The van der Waals surface area contributed by atoms with Crippen LogP contribution in [0.25, 0.3) is 11.5 Å². The molecule has 0 spiro atoms. The van der Waals surface area contributed by atoms with E-state index < -0.39 is 262 Å². The van der Waals surface area contributed by atoms with Gasteiger partial charge in [-0.25, -0.2) is 14.4 Å². The minimum atomic E-state index is -2.75. The monoisotopic (exact) mass is 1960 g/mol. The summed E-state index contributed by atoms with van der Waals surface area (Å²) in [4.78, 5) is 197. The average molecular weight is 1970 g/mol. The summed E-state index contributed by atoms with van der Waals surface area (Å²) in [6, 6.07) is 20.6. The van der Waals surface area contributed by atoms with Crippen molar-refractivity contribution in [1.29, 1.82) is 0 Å². The summed E-state index contributed by atoms with van der Waals surface area (Å²) in [5.41, 5.74) is -9.23. The van der Waals surface area contributed by atoms with Crippen LogP contribution in [0.1, 0.15) is 146 Å². The molecule has 43 heteroatoms. The van der Waals surface area contributed by atoms with Gasteiger partial charge < -0.3 is 112 Å². The number of nitrogens with zero attached hydrogens (tertiary/aromatic N) is 4. The van der Waals surface area contributed by atoms with E-state index >= 15 is 0 Å². The number of piperazine rings is 2. The molecule has 4 aromatic carbocycles. The lowest BCUT2D eigenvalue weighted by molar-refractivity contribution is -0.346. The normalized spacial score (nSPS) is 32.7. The van der Waals surface area contributed by atoms with E-state index in [1.54, 1.807) is 92.9 Å². The van der Waals surface area contributed by atoms with Crippen LogP contribution in [0, 0.1) is 40.4 Å². The number of fused-ring (bicyclic) bond motifs is 11. The number of aliphatic hydroxyl groups excluding tert-OH is 7. The van der Waals surface area contributed by atoms with Crippen LogP contribution in [0.5, 0.6) is 11.5 Å². The highest BCUT2D eigenvalue weighted by Crippen LogP contribution is 2.66. The van der Waals surface area contributed by atoms with E-state index in [4.69, 9.17) is 35.2 Å². The van der Waals surface area contributed by atoms with E-state index in [-0.39, 0.29) is 121 Å². The summed E-state index contributed by atoms with van der Waals surface area (Å²) in [5.74, 6) is -22.5. The fraction of sp³-hybridized carbons (Fsp3) is 0.500. The van der Waals surface area contributed by atoms with Crippen LogP contribution in [0.15, 0.2) is 142 Å². The molecule has 7 amide bonds. The number of phenols is 2. The van der Waals surface area contributed by atoms with Crippen molar-refractivity contribution in [3.8, 4) is 11.5 Å². The zero-order chi connectivity index (χ0) is 105. The van der Waals surface area contributed by atoms with Gasteiger partial charge in [-0.1, -0.05) is 86.6 Å². The van der Waals surface area contributed by atoms with Crippen molar-refractivity contribution in [2.45, 2.75) is 202 Å². The van der Waals surface area contributed by atoms with Crippen LogP contribution in [-0.4, -0.2) is 330 Å². The zero-order valence-electron chi connectivity index (χ0n) is 79.8. The van der Waals surface area contributed by atoms with Crippen LogP contribution in [0.3, 0.4) is 0 Å². The molecule has 21 N–H and O–H groups in total. The molecular weight excluding hydrogens is 1850 g/mol. The SMILES string of the molecule is CC(=O)O[C@@]12CO[C@@H]1C[C@H](O)[C@@]1(C)C(=O)[C@H](O)C3=C(C)[C@@H](OC(=O)[C@H](O)[C@@H](NC(=O)OC(C)(C)C)c4ccccc4)C[C@@](O)([C@@H](OC(=O)c4ccccc4)[C@H]21)C3(C)C.CN(C)[C@@H]1C(=O)C(C(N)=O)=C(O)[C@@]2(O)C(=O)C3=C(O)c4c(O)cccc4[C@@](C)(O)[C@H]3C[C@@H]12.CN(C)[C@@H]1C(=O)C(C(N)=O)=C(O)[C@@]2(O)C(=O)C3=C(O)c4c(O)cccc4[C@@](C)(O)[C@H]3C[C@@H]12.C[C@@H](CN1CC(=O)NC(=O)C1)N1CC(=O)NC(=O)C1. The van der Waals surface area contributed by atoms with Crippen LogP contribution >= 0.6 is 0 Å². The number of benzene rings is 4. The highest BCUT2D eigenvalue weighted by Gasteiger charge is 2.79. The number of Topliss-reactive ketones (excluding diaryl/α,β-unsaturated/α-hetero) is 5. The van der Waals surface area contributed by atoms with Crippen molar-refractivity contribution in [1.82, 2.24) is 35.6 Å². The van der Waals surface area contributed by atoms with Crippen molar-refractivity contribution in [2.24, 2.45) is 51.9 Å². The molecule has 12 aliphatic rings. The van der Waals surface area contributed by atoms with E-state index in [0.29, 0.717) is 12.1 Å². The number of rotatable bonds is 15. The molecule has 3 saturated heterocycles. The van der Waals surface area contributed by atoms with Crippen LogP contribution in [0.4, 0.5) is 4.79 Å². The molecule has 3 heterocycles. The number of carbonyl (C=O) groups excluding carboxylic acids is 15. The standard InChI is InChI=1S/C43H53NO14.2C22H24N2O8.C11H16N4O4/c1-22-26(55-37(51)32(48)30(24-15-11-9-12-16-24)44-38(52)58-39(3,4)5)20-43(53)35(56-36(50)25-17-13-10-14-18-25)33-41(8,34(49)31(47)29(22)40(43,6)7)27(46)19-28-42(33,21-54-28)57-23(2)45;2*1-21(31)8-5-4-6-11(25)12(8)16(26)13-9(21)7-10-15(24(2)3)17(27)14(20(23)30)19(29)22(10,32)18(13)28;1-7(15-5-10(18)13-11(19)6-15)2-14-3-8(16)12-9(17)4-14/h9-18,26-28,30-33,35,46-48,53H,19-21H2,1-8H3,(H,44,52);2*4-6,9-10,15,25-26,29,31-32H,7H2,1-3H3,(H2,23,30);7H,2-6H2,1H3,(H,12,16,17)(H,13,18,19)/t26-,27-,28+,30-,31+,32+,33-,35-,41+,42-,43+;2*9-,10-,15-,21+,22-;7-/m0000/s1. The van der Waals surface area contributed by atoms with Gasteiger partial charge in [-0.3, -0.25) is 87.8 Å². The van der Waals surface area contributed by atoms with Crippen molar-refractivity contribution < 1.29 is 167 Å². The van der Waals surface area contributed by atoms with Crippen LogP contribution < -0.4 is 27.4 Å². The third kappa shape index (κ3) is 17.7. The van der Waals surface area contributed by atoms with Gasteiger partial charge in [-0.2, -0.15) is 0 Å². The first kappa shape index (κ1) is 105. The minimum Gasteiger partial charge on any atom is -0.508 e. The van der Waals surface area contributed by atoms with Crippen LogP contribution in [-0.2, 0) is 97.2 Å². The van der Waals surface area contributed by atoms with Gasteiger partial charge in [-0.05, 0) is 149 Å². The van der Waals surface area contributed by atoms with E-state index in [1.807, 2.05) is 6.92 Å². The summed E-state index contributed by atoms with van der Waals surface area (Å²) in [5, 5.41) is 166. The Labute approximate surface area is 807 Å². The second-order valence-electron chi connectivity index (χ2n) is 40.4. The Hall–Kier alpha value is -12.9. The van der Waals surface area contributed by atoms with Gasteiger partial charge >= 0.3 is 24.0 Å². The second-order valence-corrected chi connectivity index (χ2v) is 40.4. The predicted octanol–water partition coefficient (Wildman–Crippen LogP) is -0.191. The maximum Gasteiger partial charge on any atom is 0.408 e. The largest absolute Gasteiger partial charge is 0.508 e. The van der Waals surface area contributed by atoms with Crippen molar-refractivity contribution in [3.05, 3.63) is 175 Å². The molecular formula is C98H117N9O34. The molecule has 4 aromatic rings. The van der Waals surface area contributed by atoms with E-state index in [0.717, 1.165) is 6.92 Å². The summed E-state index contributed by atoms with van der Waals surface area (Å²) in [7, 11) is 6.01. The number of phenolic OH excluding ortho intramolecular Hbond substituents is 2. The smallest absolute Gasteiger partial charge is 0.408 e. The average Bonchev–Trinajstić information content (AvgIpc) is 0.675. The molecule has 43 nitrogen and oxygen atoms in total. The van der Waals surface area contributed by atoms with E-state index in [1.165, 1.54) is 114 Å². The first-order chi connectivity index (χ1) is 65.5. The van der Waals surface area contributed by atoms with E-state index in [2.05, 4.69) is 16.0 Å². The number of imide groups is 2. The number of alkyl carbamates (subject to hydrolysis) is 1. The van der Waals surface area contributed by atoms with Gasteiger partial charge in [0.25, 0.3) is 11.8 Å². The molecule has 3 aliphatic heterocycles. The van der Waals surface area contributed by atoms with Gasteiger partial charge in [0, 0.05) is 72.6 Å². The third-order valence-electron chi connectivity index (χ3n) is 29.7. The Morgan fingerprint density at radius 2 is 1.06 bits per heavy atom. The summed E-state index contributed by atoms with van der Waals surface area (Å²) in [6.07, 6.45) is -11.9. The number of ether oxygens (including phenoxy) is 5. The molecule has 22 atom stereocenters. The molecule has 0 aromatic heterocycles. The number of amides is 7. The Morgan fingerprint density at radius 3 is 1.48 bits per heavy atom. The molecule has 7 fully saturated rings. The Kier molecular flexibility index (Phi) is 28.3. The fourth-order valence-corrected chi connectivity index (χ4v) is 22.8. The Bertz CT molecular complexity index is 5860. The quantitative estimate of drug-likeness (QED) is 0.0241. The van der Waals surface area contributed by atoms with Crippen LogP contribution in [0.2, 0.25) is 0 Å². The number of esters is 3. The molecule has 16 rings (SSSR count). The van der Waals surface area contributed by atoms with E-state index in [9.17, 15) is 143 Å². The number of hydrogen-bond donors (Lipinski definition) is 19. The number of nitrogens with two attached hydrogens (primary N) is 2. The van der Waals surface area contributed by atoms with Gasteiger partial charge in [0.05, 0.1) is 96.2 Å². The molecule has 141 heavy (non-hydrogen) atoms. The fourth-order valence-electron chi connectivity index (χ4n) is 22.8. The molecule has 9 aliphatic carbocycles. The number of carbonyl (C=O) groups is 15. The lowest BCUT2D eigenvalue weighted by Gasteiger charge is -2.67. The molecule has 4 saturated carbocycles. The van der Waals surface area contributed by atoms with Crippen molar-refractivity contribution >= 4 is 99.9 Å². The number of hydrogen-bond acceptors (Lipinski definition) is 38. The first-order valence-corrected chi connectivity index (χ1v) is 45.3. The molecule has 0 unspecified atom stereocenters. The second kappa shape index (κ2) is 37.8. The van der Waals surface area contributed by atoms with Crippen molar-refractivity contribution in [2.75, 3.05) is 67.5 Å². The topological polar surface area (TPSA) is 687 Å². The molecule has 2 bridgehead atoms. The lowest BCUT2D eigenvalue weighted by Crippen LogP contribution is -2.81. The number of primary amides is 2. The number of aliphatic hydroxyl groups is 12. The highest BCUT2D eigenvalue weighted by atomic mass is 16.6. The van der Waals surface area contributed by atoms with Gasteiger partial charge in [0.15, 0.2) is 40.3 Å². The first-order valence-electron chi connectivity index (χ1n) is 45.3. The third-order valence-corrected chi connectivity index (χ3v) is 29.7. The lowest BCUT2D eigenvalue weighted by atomic mass is 9.44. The highest BCUT2D eigenvalue weighted by molar-refractivity contribution is 6.26. The van der Waals surface area contributed by atoms with Crippen molar-refractivity contribution in [3.63, 3.8) is 0 Å². The predicted molar refractivity (Wildman–Crippen MR) is 488 cm³/mol. The minimum absolute atomic E-state index is 0.0637. The van der Waals surface area contributed by atoms with Gasteiger partial charge in [0.1, 0.15) is 81.3 Å². The zero-order valence-corrected chi connectivity index (χ0v) is 79.8. The maximum absolute atomic E-state index is 14.9. The van der Waals surface area contributed by atoms with Gasteiger partial charge in [0.2, 0.25) is 35.2 Å². The number of nitrogens with one attached hydrogen (secondary N) is 3. The maximum atomic E-state index is 14.9. The summed E-state index contributed by atoms with van der Waals surface area (Å²) in [6.45, 7) is 17.5. The number of ketones is 5. The Balaban J connectivity index is 0.000000171. The number of likely N-dealkylation sites (N-methyl/N-ethyl adjacent to an activating group) is 2. The summed E-state index contributed by atoms with van der Waals surface area (Å²) >= 11 is 0. The van der Waals surface area contributed by atoms with Gasteiger partial charge in [-0.15, -0.1) is 0 Å². The summed E-state index contributed by atoms with van der Waals surface area (Å²) < 4.78 is 29.5. The Morgan fingerprint density at radius 1 is 0.617 bits per heavy atom. The molecule has 0 radical (unpaired) electrons. The molecule has 758 valence electrons.